The van der Waals surface area contributed by atoms with Gasteiger partial charge in [0.1, 0.15) is 0 Å². The molecule has 0 aromatic carbocycles. The normalized spacial score (nSPS) is 17.1. The lowest BCUT2D eigenvalue weighted by atomic mass is 10.2. The smallest absolute Gasteiger partial charge is 0.285 e. The first kappa shape index (κ1) is 7.12. The van der Waals surface area contributed by atoms with Crippen molar-refractivity contribution in [2.24, 2.45) is 0 Å². The van der Waals surface area contributed by atoms with Crippen LogP contribution in [0.25, 0.3) is 0 Å². The van der Waals surface area contributed by atoms with Crippen molar-refractivity contribution in [2.45, 2.75) is 12.8 Å². The van der Waals surface area contributed by atoms with E-state index in [4.69, 9.17) is 4.74 Å². The number of amides is 1. The van der Waals surface area contributed by atoms with E-state index in [1.54, 1.807) is 7.05 Å². The zero-order valence-corrected chi connectivity index (χ0v) is 6.02. The van der Waals surface area contributed by atoms with Gasteiger partial charge in [0, 0.05) is 7.05 Å². The van der Waals surface area contributed by atoms with E-state index >= 15 is 0 Å². The molecule has 0 spiro atoms. The molecule has 1 heterocycles. The molecule has 3 nitrogen and oxygen atoms in total. The SMILES string of the molecule is CNC(=O)C1=CCCCO1. The van der Waals surface area contributed by atoms with Gasteiger partial charge in [-0.1, -0.05) is 0 Å². The number of carbonyl (C=O) groups excluding carboxylic acids is 1. The van der Waals surface area contributed by atoms with Crippen molar-refractivity contribution in [3.05, 3.63) is 11.8 Å². The largest absolute Gasteiger partial charge is 0.488 e. The summed E-state index contributed by atoms with van der Waals surface area (Å²) in [6, 6.07) is 0. The van der Waals surface area contributed by atoms with Gasteiger partial charge in [0.05, 0.1) is 6.61 Å². The fraction of sp³-hybridized carbons (Fsp3) is 0.571. The Morgan fingerprint density at radius 1 is 1.80 bits per heavy atom. The van der Waals surface area contributed by atoms with E-state index in [2.05, 4.69) is 5.32 Å². The maximum Gasteiger partial charge on any atom is 0.285 e. The van der Waals surface area contributed by atoms with Gasteiger partial charge >= 0.3 is 0 Å². The first-order chi connectivity index (χ1) is 4.84. The van der Waals surface area contributed by atoms with E-state index in [1.165, 1.54) is 0 Å². The Hall–Kier alpha value is -0.990. The summed E-state index contributed by atoms with van der Waals surface area (Å²) >= 11 is 0. The van der Waals surface area contributed by atoms with Crippen LogP contribution in [-0.4, -0.2) is 19.6 Å². The minimum atomic E-state index is -0.125. The van der Waals surface area contributed by atoms with Gasteiger partial charge in [0.25, 0.3) is 5.91 Å². The molecule has 0 saturated carbocycles. The third kappa shape index (κ3) is 1.50. The Bertz CT molecular complexity index is 163. The lowest BCUT2D eigenvalue weighted by molar-refractivity contribution is -0.120. The molecule has 0 atom stereocenters. The van der Waals surface area contributed by atoms with Gasteiger partial charge in [-0.2, -0.15) is 0 Å². The molecule has 0 aromatic rings. The van der Waals surface area contributed by atoms with E-state index in [1.807, 2.05) is 6.08 Å². The van der Waals surface area contributed by atoms with Crippen molar-refractivity contribution in [1.82, 2.24) is 5.32 Å². The Kier molecular flexibility index (Phi) is 2.31. The van der Waals surface area contributed by atoms with Gasteiger partial charge in [-0.05, 0) is 18.9 Å². The summed E-state index contributed by atoms with van der Waals surface area (Å²) in [4.78, 5) is 10.9. The Labute approximate surface area is 60.1 Å². The summed E-state index contributed by atoms with van der Waals surface area (Å²) in [5.74, 6) is 0.341. The van der Waals surface area contributed by atoms with Crippen LogP contribution in [0.2, 0.25) is 0 Å². The summed E-state index contributed by atoms with van der Waals surface area (Å²) in [5, 5.41) is 2.50. The van der Waals surface area contributed by atoms with Crippen molar-refractivity contribution in [3.63, 3.8) is 0 Å². The Morgan fingerprint density at radius 3 is 3.10 bits per heavy atom. The van der Waals surface area contributed by atoms with Crippen molar-refractivity contribution in [2.75, 3.05) is 13.7 Å². The highest BCUT2D eigenvalue weighted by atomic mass is 16.5. The van der Waals surface area contributed by atoms with Crippen molar-refractivity contribution < 1.29 is 9.53 Å². The van der Waals surface area contributed by atoms with Crippen LogP contribution in [0.4, 0.5) is 0 Å². The molecule has 1 amide bonds. The Balaban J connectivity index is 2.53. The van der Waals surface area contributed by atoms with Crippen LogP contribution < -0.4 is 5.32 Å². The number of ether oxygens (including phenoxy) is 1. The quantitative estimate of drug-likeness (QED) is 0.575. The maximum absolute atomic E-state index is 10.9. The molecule has 0 radical (unpaired) electrons. The van der Waals surface area contributed by atoms with Gasteiger partial charge in [0.15, 0.2) is 5.76 Å². The lowest BCUT2D eigenvalue weighted by Gasteiger charge is -2.12. The van der Waals surface area contributed by atoms with E-state index < -0.39 is 0 Å². The fourth-order valence-corrected chi connectivity index (χ4v) is 0.839. The second kappa shape index (κ2) is 3.25. The number of allylic oxidation sites excluding steroid dienone is 1. The molecule has 1 N–H and O–H groups in total. The highest BCUT2D eigenvalue weighted by Crippen LogP contribution is 2.08. The molecule has 0 unspecified atom stereocenters. The van der Waals surface area contributed by atoms with Crippen LogP contribution >= 0.6 is 0 Å². The summed E-state index contributed by atoms with van der Waals surface area (Å²) in [6.07, 6.45) is 3.78. The minimum absolute atomic E-state index is 0.125. The van der Waals surface area contributed by atoms with Gasteiger partial charge in [-0.25, -0.2) is 0 Å². The standard InChI is InChI=1S/C7H11NO2/c1-8-7(9)6-4-2-3-5-10-6/h4H,2-3,5H2,1H3,(H,8,9). The predicted molar refractivity (Wildman–Crippen MR) is 37.3 cm³/mol. The first-order valence-corrected chi connectivity index (χ1v) is 3.39. The summed E-state index contributed by atoms with van der Waals surface area (Å²) in [6.45, 7) is 0.666. The molecule has 0 aromatic heterocycles. The number of rotatable bonds is 1. The number of hydrogen-bond donors (Lipinski definition) is 1. The molecule has 56 valence electrons. The van der Waals surface area contributed by atoms with Crippen LogP contribution in [0.5, 0.6) is 0 Å². The maximum atomic E-state index is 10.9. The zero-order chi connectivity index (χ0) is 7.40. The highest BCUT2D eigenvalue weighted by Gasteiger charge is 2.10. The average molecular weight is 141 g/mol. The summed E-state index contributed by atoms with van der Waals surface area (Å²) in [5.41, 5.74) is 0. The first-order valence-electron chi connectivity index (χ1n) is 3.39. The molecule has 0 bridgehead atoms. The third-order valence-electron chi connectivity index (χ3n) is 1.39. The van der Waals surface area contributed by atoms with Crippen LogP contribution in [0.3, 0.4) is 0 Å². The number of nitrogens with one attached hydrogen (secondary N) is 1. The molecule has 0 saturated heterocycles. The molecular formula is C7H11NO2. The van der Waals surface area contributed by atoms with Crippen LogP contribution in [0.1, 0.15) is 12.8 Å². The van der Waals surface area contributed by atoms with Crippen molar-refractivity contribution in [1.29, 1.82) is 0 Å². The number of likely N-dealkylation sites (N-methyl/N-ethyl adjacent to an activating group) is 1. The van der Waals surface area contributed by atoms with E-state index in [0.29, 0.717) is 12.4 Å². The molecule has 3 heteroatoms. The van der Waals surface area contributed by atoms with E-state index in [0.717, 1.165) is 12.8 Å². The van der Waals surface area contributed by atoms with E-state index in [9.17, 15) is 4.79 Å². The second-order valence-corrected chi connectivity index (χ2v) is 2.14. The summed E-state index contributed by atoms with van der Waals surface area (Å²) < 4.78 is 5.08. The van der Waals surface area contributed by atoms with Crippen molar-refractivity contribution >= 4 is 5.91 Å². The van der Waals surface area contributed by atoms with Gasteiger partial charge in [-0.3, -0.25) is 4.79 Å². The molecule has 1 aliphatic heterocycles. The third-order valence-corrected chi connectivity index (χ3v) is 1.39. The minimum Gasteiger partial charge on any atom is -0.488 e. The second-order valence-electron chi connectivity index (χ2n) is 2.14. The highest BCUT2D eigenvalue weighted by molar-refractivity contribution is 5.91. The average Bonchev–Trinajstić information content (AvgIpc) is 2.05. The molecule has 10 heavy (non-hydrogen) atoms. The number of hydrogen-bond acceptors (Lipinski definition) is 2. The van der Waals surface area contributed by atoms with Gasteiger partial charge in [-0.15, -0.1) is 0 Å². The van der Waals surface area contributed by atoms with Gasteiger partial charge < -0.3 is 10.1 Å². The van der Waals surface area contributed by atoms with Crippen LogP contribution in [0, 0.1) is 0 Å². The topological polar surface area (TPSA) is 38.3 Å². The fourth-order valence-electron chi connectivity index (χ4n) is 0.839. The number of carbonyl (C=O) groups is 1. The van der Waals surface area contributed by atoms with Crippen LogP contribution in [0.15, 0.2) is 11.8 Å². The molecule has 0 fully saturated rings. The van der Waals surface area contributed by atoms with Gasteiger partial charge in [0.2, 0.25) is 0 Å². The monoisotopic (exact) mass is 141 g/mol. The van der Waals surface area contributed by atoms with E-state index in [-0.39, 0.29) is 5.91 Å². The Morgan fingerprint density at radius 2 is 2.60 bits per heavy atom. The van der Waals surface area contributed by atoms with Crippen LogP contribution in [-0.2, 0) is 9.53 Å². The predicted octanol–water partition coefficient (Wildman–Crippen LogP) is 0.427. The molecule has 1 rings (SSSR count). The zero-order valence-electron chi connectivity index (χ0n) is 6.02. The van der Waals surface area contributed by atoms with Crippen molar-refractivity contribution in [3.8, 4) is 0 Å². The lowest BCUT2D eigenvalue weighted by Crippen LogP contribution is -2.23. The summed E-state index contributed by atoms with van der Waals surface area (Å²) in [7, 11) is 1.60. The molecular weight excluding hydrogens is 130 g/mol. The molecule has 1 aliphatic rings. The molecule has 0 aliphatic carbocycles.